The molecule has 1 aliphatic heterocycles. The summed E-state index contributed by atoms with van der Waals surface area (Å²) < 4.78 is 5.52. The molecule has 0 N–H and O–H groups in total. The fraction of sp³-hybridized carbons (Fsp3) is 0.600. The van der Waals surface area contributed by atoms with Crippen LogP contribution in [-0.2, 0) is 14.4 Å². The molecular weight excluding hydrogens is 452 g/mol. The lowest BCUT2D eigenvalue weighted by molar-refractivity contribution is -0.138. The summed E-state index contributed by atoms with van der Waals surface area (Å²) in [6.45, 7) is 10.4. The van der Waals surface area contributed by atoms with Crippen molar-refractivity contribution in [1.29, 1.82) is 5.26 Å². The first-order valence-electron chi connectivity index (χ1n) is 13.7. The largest absolute Gasteiger partial charge is 0.451 e. The van der Waals surface area contributed by atoms with Crippen molar-refractivity contribution in [3.05, 3.63) is 41.7 Å². The molecule has 1 heterocycles. The van der Waals surface area contributed by atoms with E-state index in [2.05, 4.69) is 13.8 Å². The summed E-state index contributed by atoms with van der Waals surface area (Å²) in [5.41, 5.74) is 0.500. The maximum atomic E-state index is 12.4. The Morgan fingerprint density at radius 2 is 1.36 bits per heavy atom. The predicted octanol–water partition coefficient (Wildman–Crippen LogP) is 7.51. The van der Waals surface area contributed by atoms with Gasteiger partial charge in [0.05, 0.1) is 17.7 Å². The number of unbranched alkanes of at least 4 members (excludes halogenated alkanes) is 9. The molecule has 6 nitrogen and oxygen atoms in total. The molecule has 0 saturated heterocycles. The Bertz CT molecular complexity index is 836. The van der Waals surface area contributed by atoms with E-state index in [1.165, 1.54) is 43.1 Å². The van der Waals surface area contributed by atoms with E-state index in [9.17, 15) is 14.4 Å². The van der Waals surface area contributed by atoms with E-state index < -0.39 is 5.91 Å². The Morgan fingerprint density at radius 3 is 1.83 bits per heavy atom. The summed E-state index contributed by atoms with van der Waals surface area (Å²) in [5.74, 6) is -0.0312. The molecule has 1 aromatic carbocycles. The number of imide groups is 1. The van der Waals surface area contributed by atoms with Crippen LogP contribution in [-0.4, -0.2) is 29.0 Å². The third kappa shape index (κ3) is 14.5. The van der Waals surface area contributed by atoms with Crippen molar-refractivity contribution in [2.45, 2.75) is 112 Å². The number of rotatable bonds is 15. The first-order chi connectivity index (χ1) is 17.4. The van der Waals surface area contributed by atoms with Crippen LogP contribution in [0.5, 0.6) is 5.75 Å². The van der Waals surface area contributed by atoms with Gasteiger partial charge in [-0.3, -0.25) is 14.5 Å². The molecule has 2 amide bonds. The molecule has 0 saturated carbocycles. The molecular formula is C30H46N2O4. The van der Waals surface area contributed by atoms with E-state index in [0.29, 0.717) is 24.3 Å². The summed E-state index contributed by atoms with van der Waals surface area (Å²) in [7, 11) is 0. The fourth-order valence-corrected chi connectivity index (χ4v) is 3.38. The second-order valence-electron chi connectivity index (χ2n) is 8.68. The summed E-state index contributed by atoms with van der Waals surface area (Å²) in [6, 6.07) is 8.41. The van der Waals surface area contributed by atoms with Crippen LogP contribution in [0.25, 0.3) is 0 Å². The normalized spacial score (nSPS) is 12.1. The monoisotopic (exact) mass is 498 g/mol. The number of ether oxygens (including phenoxy) is 1. The summed E-state index contributed by atoms with van der Waals surface area (Å²) in [5, 5.41) is 8.82. The van der Waals surface area contributed by atoms with Crippen LogP contribution in [0.4, 0.5) is 0 Å². The van der Waals surface area contributed by atoms with E-state index in [1.54, 1.807) is 31.2 Å². The second kappa shape index (κ2) is 21.4. The maximum absolute atomic E-state index is 12.4. The average Bonchev–Trinajstić information content (AvgIpc) is 3.16. The number of hydrogen-bond donors (Lipinski definition) is 0. The van der Waals surface area contributed by atoms with Gasteiger partial charge in [0.15, 0.2) is 5.76 Å². The zero-order valence-electron chi connectivity index (χ0n) is 23.1. The van der Waals surface area contributed by atoms with Crippen LogP contribution in [0.2, 0.25) is 0 Å². The maximum Gasteiger partial charge on any atom is 0.296 e. The van der Waals surface area contributed by atoms with E-state index in [0.717, 1.165) is 38.5 Å². The lowest BCUT2D eigenvalue weighted by Crippen LogP contribution is -2.32. The van der Waals surface area contributed by atoms with Crippen molar-refractivity contribution in [2.24, 2.45) is 0 Å². The van der Waals surface area contributed by atoms with Crippen molar-refractivity contribution in [3.8, 4) is 11.8 Å². The lowest BCUT2D eigenvalue weighted by Gasteiger charge is -2.14. The molecule has 1 aromatic rings. The van der Waals surface area contributed by atoms with Crippen molar-refractivity contribution in [1.82, 2.24) is 4.90 Å². The van der Waals surface area contributed by atoms with Gasteiger partial charge in [-0.05, 0) is 44.0 Å². The number of amides is 2. The van der Waals surface area contributed by atoms with Gasteiger partial charge in [-0.15, -0.1) is 0 Å². The number of Topliss-reactive ketones (excluding diaryl/α,β-unsaturated/α-hetero) is 1. The van der Waals surface area contributed by atoms with Gasteiger partial charge in [-0.25, -0.2) is 0 Å². The van der Waals surface area contributed by atoms with Gasteiger partial charge in [0.2, 0.25) is 0 Å². The third-order valence-corrected chi connectivity index (χ3v) is 5.60. The minimum atomic E-state index is -0.407. The van der Waals surface area contributed by atoms with Gasteiger partial charge in [0.1, 0.15) is 11.5 Å². The Kier molecular flexibility index (Phi) is 19.6. The van der Waals surface area contributed by atoms with E-state index in [1.807, 2.05) is 19.9 Å². The van der Waals surface area contributed by atoms with Crippen molar-refractivity contribution in [3.63, 3.8) is 0 Å². The first kappa shape index (κ1) is 33.1. The minimum Gasteiger partial charge on any atom is -0.451 e. The highest BCUT2D eigenvalue weighted by atomic mass is 16.5. The molecule has 0 unspecified atom stereocenters. The lowest BCUT2D eigenvalue weighted by atomic mass is 10.1. The Labute approximate surface area is 218 Å². The number of carbonyl (C=O) groups excluding carboxylic acids is 3. The molecule has 2 rings (SSSR count). The zero-order valence-corrected chi connectivity index (χ0v) is 23.1. The van der Waals surface area contributed by atoms with Gasteiger partial charge in [-0.1, -0.05) is 85.5 Å². The molecule has 0 aromatic heterocycles. The van der Waals surface area contributed by atoms with Crippen molar-refractivity contribution in [2.75, 3.05) is 6.54 Å². The van der Waals surface area contributed by atoms with Gasteiger partial charge < -0.3 is 9.53 Å². The quantitative estimate of drug-likeness (QED) is 0.184. The van der Waals surface area contributed by atoms with E-state index in [-0.39, 0.29) is 17.4 Å². The molecule has 0 bridgehead atoms. The van der Waals surface area contributed by atoms with Gasteiger partial charge in [0.25, 0.3) is 11.8 Å². The van der Waals surface area contributed by atoms with Gasteiger partial charge in [-0.2, -0.15) is 5.26 Å². The average molecular weight is 499 g/mol. The molecule has 1 aliphatic rings. The molecule has 0 aliphatic carbocycles. The van der Waals surface area contributed by atoms with Crippen molar-refractivity contribution >= 4 is 17.6 Å². The molecule has 0 fully saturated rings. The number of benzene rings is 1. The highest BCUT2D eigenvalue weighted by Crippen LogP contribution is 2.20. The van der Waals surface area contributed by atoms with Crippen molar-refractivity contribution < 1.29 is 19.1 Å². The number of ketones is 1. The van der Waals surface area contributed by atoms with Gasteiger partial charge >= 0.3 is 0 Å². The smallest absolute Gasteiger partial charge is 0.296 e. The zero-order chi connectivity index (χ0) is 27.2. The Hall–Kier alpha value is -2.94. The van der Waals surface area contributed by atoms with Crippen LogP contribution in [0.15, 0.2) is 36.1 Å². The Morgan fingerprint density at radius 1 is 0.861 bits per heavy atom. The minimum absolute atomic E-state index is 0.0227. The van der Waals surface area contributed by atoms with E-state index >= 15 is 0 Å². The topological polar surface area (TPSA) is 87.5 Å². The number of hydrogen-bond acceptors (Lipinski definition) is 5. The standard InChI is InChI=1S/C24H30N2O4.C4H10.C2H6/c1-19(27)11-9-7-5-3-2-4-6-8-10-16-26-23(28)17-22(24(26)29)30-21-14-12-20(18-25)13-15-21;1-3-4-2;1-2/h12-15,17H,2-11,16H2,1H3;3-4H2,1-2H3;1-2H3. The highest BCUT2D eigenvalue weighted by molar-refractivity contribution is 6.15. The molecule has 0 radical (unpaired) electrons. The SMILES string of the molecule is CC.CC(=O)CCCCCCCCCCCN1C(=O)C=C(Oc2ccc(C#N)cc2)C1=O.CCCC. The Balaban J connectivity index is 0.00000185. The number of nitriles is 1. The molecule has 6 heteroatoms. The second-order valence-corrected chi connectivity index (χ2v) is 8.68. The van der Waals surface area contributed by atoms with E-state index in [4.69, 9.17) is 10.00 Å². The van der Waals surface area contributed by atoms with Crippen LogP contribution in [0.3, 0.4) is 0 Å². The van der Waals surface area contributed by atoms with Crippen LogP contribution in [0, 0.1) is 11.3 Å². The predicted molar refractivity (Wildman–Crippen MR) is 145 cm³/mol. The first-order valence-corrected chi connectivity index (χ1v) is 13.7. The van der Waals surface area contributed by atoms with Crippen LogP contribution < -0.4 is 4.74 Å². The van der Waals surface area contributed by atoms with Gasteiger partial charge in [0, 0.05) is 13.0 Å². The fourth-order valence-electron chi connectivity index (χ4n) is 3.38. The molecule has 0 spiro atoms. The molecule has 0 atom stereocenters. The van der Waals surface area contributed by atoms with Crippen LogP contribution >= 0.6 is 0 Å². The van der Waals surface area contributed by atoms with Crippen LogP contribution in [0.1, 0.15) is 117 Å². The number of nitrogens with zero attached hydrogens (tertiary/aromatic N) is 2. The number of carbonyl (C=O) groups is 3. The molecule has 200 valence electrons. The molecule has 36 heavy (non-hydrogen) atoms. The summed E-state index contributed by atoms with van der Waals surface area (Å²) in [6.07, 6.45) is 14.3. The highest BCUT2D eigenvalue weighted by Gasteiger charge is 2.32. The summed E-state index contributed by atoms with van der Waals surface area (Å²) in [4.78, 5) is 36.6. The summed E-state index contributed by atoms with van der Waals surface area (Å²) >= 11 is 0. The third-order valence-electron chi connectivity index (χ3n) is 5.60.